The van der Waals surface area contributed by atoms with Crippen LogP contribution in [0.25, 0.3) is 16.0 Å². The van der Waals surface area contributed by atoms with Gasteiger partial charge in [0.1, 0.15) is 11.5 Å². The van der Waals surface area contributed by atoms with Crippen molar-refractivity contribution in [2.45, 2.75) is 6.54 Å². The standard InChI is InChI=1S/C23H22N2O2S/c1-26-20-13-17(14-21(15-20)27-2)16-25-11-7-19(8-12-25)23-4-3-22(28-23)18-5-9-24-10-6-18/h3-11,13-15H,12,16H2,1-2H3. The summed E-state index contributed by atoms with van der Waals surface area (Å²) in [6, 6.07) is 14.5. The number of hydrogen-bond donors (Lipinski definition) is 0. The van der Waals surface area contributed by atoms with Gasteiger partial charge in [-0.15, -0.1) is 11.3 Å². The van der Waals surface area contributed by atoms with Crippen LogP contribution in [-0.4, -0.2) is 30.6 Å². The van der Waals surface area contributed by atoms with Crippen molar-refractivity contribution in [2.75, 3.05) is 20.8 Å². The third kappa shape index (κ3) is 4.10. The molecule has 4 nitrogen and oxygen atoms in total. The molecule has 142 valence electrons. The number of rotatable bonds is 6. The maximum absolute atomic E-state index is 5.37. The Bertz CT molecular complexity index is 986. The van der Waals surface area contributed by atoms with Gasteiger partial charge in [-0.2, -0.15) is 0 Å². The van der Waals surface area contributed by atoms with Crippen molar-refractivity contribution in [1.82, 2.24) is 9.88 Å². The second-order valence-corrected chi connectivity index (χ2v) is 7.61. The molecule has 0 fully saturated rings. The molecule has 0 aliphatic carbocycles. The zero-order valence-electron chi connectivity index (χ0n) is 16.0. The Morgan fingerprint density at radius 3 is 2.32 bits per heavy atom. The van der Waals surface area contributed by atoms with E-state index in [9.17, 15) is 0 Å². The van der Waals surface area contributed by atoms with Crippen molar-refractivity contribution in [2.24, 2.45) is 0 Å². The highest BCUT2D eigenvalue weighted by Gasteiger charge is 2.11. The summed E-state index contributed by atoms with van der Waals surface area (Å²) in [5.41, 5.74) is 3.64. The van der Waals surface area contributed by atoms with Crippen molar-refractivity contribution in [3.05, 3.63) is 83.7 Å². The molecule has 0 saturated carbocycles. The molecule has 0 saturated heterocycles. The monoisotopic (exact) mass is 390 g/mol. The fourth-order valence-corrected chi connectivity index (χ4v) is 4.22. The quantitative estimate of drug-likeness (QED) is 0.576. The Balaban J connectivity index is 1.44. The van der Waals surface area contributed by atoms with E-state index in [-0.39, 0.29) is 0 Å². The van der Waals surface area contributed by atoms with E-state index in [0.29, 0.717) is 0 Å². The highest BCUT2D eigenvalue weighted by Crippen LogP contribution is 2.33. The molecule has 0 unspecified atom stereocenters. The number of thiophene rings is 1. The van der Waals surface area contributed by atoms with Gasteiger partial charge in [0.05, 0.1) is 14.2 Å². The lowest BCUT2D eigenvalue weighted by atomic mass is 10.1. The van der Waals surface area contributed by atoms with Crippen molar-refractivity contribution >= 4 is 16.9 Å². The van der Waals surface area contributed by atoms with Gasteiger partial charge in [-0.1, -0.05) is 6.08 Å². The molecular formula is C23H22N2O2S. The molecule has 4 rings (SSSR count). The molecule has 3 heterocycles. The van der Waals surface area contributed by atoms with E-state index in [1.807, 2.05) is 41.9 Å². The molecule has 2 aromatic heterocycles. The number of hydrogen-bond acceptors (Lipinski definition) is 5. The average molecular weight is 391 g/mol. The van der Waals surface area contributed by atoms with Crippen LogP contribution in [0.2, 0.25) is 0 Å². The summed E-state index contributed by atoms with van der Waals surface area (Å²) in [5, 5.41) is 0. The normalized spacial score (nSPS) is 13.4. The van der Waals surface area contributed by atoms with Crippen molar-refractivity contribution < 1.29 is 9.47 Å². The molecule has 0 N–H and O–H groups in total. The molecule has 3 aromatic rings. The number of allylic oxidation sites excluding steroid dienone is 2. The summed E-state index contributed by atoms with van der Waals surface area (Å²) < 4.78 is 10.7. The van der Waals surface area contributed by atoms with Crippen LogP contribution in [-0.2, 0) is 6.54 Å². The van der Waals surface area contributed by atoms with Crippen LogP contribution in [0.5, 0.6) is 11.5 Å². The smallest absolute Gasteiger partial charge is 0.122 e. The van der Waals surface area contributed by atoms with Gasteiger partial charge in [0, 0.05) is 47.5 Å². The topological polar surface area (TPSA) is 34.6 Å². The first-order valence-corrected chi connectivity index (χ1v) is 9.92. The van der Waals surface area contributed by atoms with Crippen LogP contribution in [0.4, 0.5) is 0 Å². The Labute approximate surface area is 169 Å². The van der Waals surface area contributed by atoms with Crippen LogP contribution in [0.15, 0.2) is 73.2 Å². The Hall–Kier alpha value is -3.05. The van der Waals surface area contributed by atoms with Gasteiger partial charge in [0.2, 0.25) is 0 Å². The van der Waals surface area contributed by atoms with Crippen LogP contribution >= 0.6 is 11.3 Å². The second-order valence-electron chi connectivity index (χ2n) is 6.53. The molecule has 0 atom stereocenters. The number of benzene rings is 1. The minimum absolute atomic E-state index is 0.806. The van der Waals surface area contributed by atoms with Crippen LogP contribution < -0.4 is 9.47 Å². The van der Waals surface area contributed by atoms with Crippen LogP contribution in [0.1, 0.15) is 10.4 Å². The van der Waals surface area contributed by atoms with Crippen molar-refractivity contribution in [3.8, 4) is 21.9 Å². The minimum Gasteiger partial charge on any atom is -0.497 e. The Morgan fingerprint density at radius 1 is 0.964 bits per heavy atom. The maximum atomic E-state index is 5.37. The number of nitrogens with zero attached hydrogens (tertiary/aromatic N) is 2. The molecule has 1 aliphatic heterocycles. The third-order valence-electron chi connectivity index (χ3n) is 4.66. The van der Waals surface area contributed by atoms with E-state index in [2.05, 4.69) is 52.5 Å². The first-order chi connectivity index (χ1) is 13.7. The summed E-state index contributed by atoms with van der Waals surface area (Å²) in [6.45, 7) is 1.67. The molecule has 1 aliphatic rings. The van der Waals surface area contributed by atoms with E-state index in [1.54, 1.807) is 14.2 Å². The third-order valence-corrected chi connectivity index (χ3v) is 5.85. The van der Waals surface area contributed by atoms with Gasteiger partial charge in [-0.25, -0.2) is 0 Å². The molecule has 0 amide bonds. The molecule has 0 radical (unpaired) electrons. The molecule has 1 aromatic carbocycles. The summed E-state index contributed by atoms with van der Waals surface area (Å²) in [6.07, 6.45) is 10.3. The van der Waals surface area contributed by atoms with Crippen molar-refractivity contribution in [3.63, 3.8) is 0 Å². The molecule has 28 heavy (non-hydrogen) atoms. The first-order valence-electron chi connectivity index (χ1n) is 9.10. The fraction of sp³-hybridized carbons (Fsp3) is 0.174. The lowest BCUT2D eigenvalue weighted by molar-refractivity contribution is 0.383. The zero-order chi connectivity index (χ0) is 19.3. The Morgan fingerprint density at radius 2 is 1.68 bits per heavy atom. The zero-order valence-corrected chi connectivity index (χ0v) is 16.8. The van der Waals surface area contributed by atoms with Crippen LogP contribution in [0, 0.1) is 0 Å². The number of methoxy groups -OCH3 is 2. The second kappa shape index (κ2) is 8.31. The van der Waals surface area contributed by atoms with Gasteiger partial charge >= 0.3 is 0 Å². The van der Waals surface area contributed by atoms with Crippen molar-refractivity contribution in [1.29, 1.82) is 0 Å². The van der Waals surface area contributed by atoms with Gasteiger partial charge in [0.25, 0.3) is 0 Å². The Kier molecular flexibility index (Phi) is 5.44. The van der Waals surface area contributed by atoms with Gasteiger partial charge < -0.3 is 14.4 Å². The summed E-state index contributed by atoms with van der Waals surface area (Å²) in [7, 11) is 3.35. The predicted molar refractivity (Wildman–Crippen MR) is 115 cm³/mol. The SMILES string of the molecule is COc1cc(CN2C=CC(c3ccc(-c4ccncc4)s3)=CC2)cc(OC)c1. The van der Waals surface area contributed by atoms with Gasteiger partial charge in [-0.3, -0.25) is 4.98 Å². The number of pyridine rings is 1. The lowest BCUT2D eigenvalue weighted by Gasteiger charge is -2.23. The highest BCUT2D eigenvalue weighted by molar-refractivity contribution is 7.16. The van der Waals surface area contributed by atoms with E-state index in [4.69, 9.17) is 9.47 Å². The average Bonchev–Trinajstić information content (AvgIpc) is 3.25. The summed E-state index contributed by atoms with van der Waals surface area (Å²) in [4.78, 5) is 8.91. The molecule has 0 bridgehead atoms. The van der Waals surface area contributed by atoms with E-state index in [0.717, 1.165) is 30.2 Å². The van der Waals surface area contributed by atoms with Gasteiger partial charge in [0.15, 0.2) is 0 Å². The first kappa shape index (κ1) is 18.3. The highest BCUT2D eigenvalue weighted by atomic mass is 32.1. The number of aromatic nitrogens is 1. The fourth-order valence-electron chi connectivity index (χ4n) is 3.19. The van der Waals surface area contributed by atoms with E-state index in [1.165, 1.54) is 20.9 Å². The lowest BCUT2D eigenvalue weighted by Crippen LogP contribution is -2.19. The summed E-state index contributed by atoms with van der Waals surface area (Å²) >= 11 is 1.81. The largest absolute Gasteiger partial charge is 0.497 e. The number of ether oxygens (including phenoxy) is 2. The van der Waals surface area contributed by atoms with Gasteiger partial charge in [-0.05, 0) is 59.2 Å². The molecular weight excluding hydrogens is 368 g/mol. The summed E-state index contributed by atoms with van der Waals surface area (Å²) in [5.74, 6) is 1.63. The molecule has 5 heteroatoms. The molecule has 0 spiro atoms. The van der Waals surface area contributed by atoms with Crippen LogP contribution in [0.3, 0.4) is 0 Å². The van der Waals surface area contributed by atoms with E-state index < -0.39 is 0 Å². The maximum Gasteiger partial charge on any atom is 0.122 e. The minimum atomic E-state index is 0.806. The van der Waals surface area contributed by atoms with E-state index >= 15 is 0 Å². The predicted octanol–water partition coefficient (Wildman–Crippen LogP) is 5.24.